The van der Waals surface area contributed by atoms with Crippen LogP contribution in [0.1, 0.15) is 47.7 Å². The summed E-state index contributed by atoms with van der Waals surface area (Å²) in [6, 6.07) is 20.0. The first-order chi connectivity index (χ1) is 16.9. The number of carbonyl (C=O) groups excluding carboxylic acids is 1. The number of ether oxygens (including phenoxy) is 1. The molecule has 0 saturated carbocycles. The number of pyridine rings is 1. The molecular formula is C28H23F3N2O2. The number of hydrogen-bond donors (Lipinski definition) is 0. The van der Waals surface area contributed by atoms with Gasteiger partial charge in [0.15, 0.2) is 0 Å². The molecule has 0 spiro atoms. The Morgan fingerprint density at radius 1 is 0.943 bits per heavy atom. The number of aromatic nitrogens is 1. The molecule has 178 valence electrons. The van der Waals surface area contributed by atoms with E-state index in [9.17, 15) is 18.0 Å². The summed E-state index contributed by atoms with van der Waals surface area (Å²) in [6.07, 6.45) is -0.961. The second-order valence-electron chi connectivity index (χ2n) is 9.31. The van der Waals surface area contributed by atoms with Crippen LogP contribution in [-0.4, -0.2) is 34.7 Å². The highest BCUT2D eigenvalue weighted by atomic mass is 19.4. The molecule has 4 nitrogen and oxygen atoms in total. The summed E-state index contributed by atoms with van der Waals surface area (Å²) in [5.41, 5.74) is 4.82. The third kappa shape index (κ3) is 3.79. The first-order valence-electron chi connectivity index (χ1n) is 11.8. The van der Waals surface area contributed by atoms with Gasteiger partial charge in [-0.3, -0.25) is 4.90 Å². The Morgan fingerprint density at radius 3 is 2.29 bits per heavy atom. The minimum Gasteiger partial charge on any atom is -0.448 e. The van der Waals surface area contributed by atoms with E-state index in [4.69, 9.17) is 4.74 Å². The van der Waals surface area contributed by atoms with Gasteiger partial charge in [-0.05, 0) is 59.2 Å². The lowest BCUT2D eigenvalue weighted by molar-refractivity contribution is -0.141. The van der Waals surface area contributed by atoms with Gasteiger partial charge in [-0.1, -0.05) is 60.7 Å². The molecule has 0 N–H and O–H groups in total. The van der Waals surface area contributed by atoms with Gasteiger partial charge in [-0.15, -0.1) is 0 Å². The lowest BCUT2D eigenvalue weighted by atomic mass is 9.97. The van der Waals surface area contributed by atoms with E-state index in [1.165, 1.54) is 17.2 Å². The minimum atomic E-state index is -4.49. The van der Waals surface area contributed by atoms with Crippen molar-refractivity contribution in [1.82, 2.24) is 9.88 Å². The van der Waals surface area contributed by atoms with Crippen molar-refractivity contribution in [3.63, 3.8) is 0 Å². The van der Waals surface area contributed by atoms with Gasteiger partial charge in [0.05, 0.1) is 11.7 Å². The quantitative estimate of drug-likeness (QED) is 0.424. The molecule has 6 rings (SSSR count). The minimum absolute atomic E-state index is 0.0193. The van der Waals surface area contributed by atoms with E-state index in [0.717, 1.165) is 35.6 Å². The summed E-state index contributed by atoms with van der Waals surface area (Å²) in [6.45, 7) is 0.245. The third-order valence-electron chi connectivity index (χ3n) is 7.31. The van der Waals surface area contributed by atoms with Gasteiger partial charge in [-0.25, -0.2) is 9.78 Å². The number of fused-ring (bicyclic) bond motifs is 5. The normalized spacial score (nSPS) is 20.9. The van der Waals surface area contributed by atoms with Gasteiger partial charge < -0.3 is 4.74 Å². The van der Waals surface area contributed by atoms with E-state index in [2.05, 4.69) is 29.2 Å². The molecule has 35 heavy (non-hydrogen) atoms. The fourth-order valence-electron chi connectivity index (χ4n) is 5.74. The van der Waals surface area contributed by atoms with Crippen LogP contribution in [0.3, 0.4) is 0 Å². The van der Waals surface area contributed by atoms with Crippen LogP contribution in [0, 0.1) is 0 Å². The van der Waals surface area contributed by atoms with Crippen LogP contribution in [0.4, 0.5) is 18.0 Å². The number of rotatable bonds is 3. The summed E-state index contributed by atoms with van der Waals surface area (Å²) in [5, 5.41) is 0. The van der Waals surface area contributed by atoms with Crippen LogP contribution in [0.15, 0.2) is 72.8 Å². The standard InChI is InChI=1S/C28H23F3N2O2/c29-28(30,31)26-11-5-10-25(32-26)17-14-18-12-13-19(15-17)33(18)27(34)35-16-24-22-8-3-1-6-20(22)21-7-2-4-9-23(21)24/h1-11,14,18-19,24H,12-13,15-16H2. The highest BCUT2D eigenvalue weighted by Crippen LogP contribution is 2.45. The summed E-state index contributed by atoms with van der Waals surface area (Å²) >= 11 is 0. The number of alkyl halides is 3. The molecule has 7 heteroatoms. The van der Waals surface area contributed by atoms with Crippen LogP contribution < -0.4 is 0 Å². The van der Waals surface area contributed by atoms with Crippen molar-refractivity contribution in [1.29, 1.82) is 0 Å². The van der Waals surface area contributed by atoms with Gasteiger partial charge in [0, 0.05) is 12.0 Å². The van der Waals surface area contributed by atoms with E-state index < -0.39 is 11.9 Å². The Hall–Kier alpha value is -3.61. The largest absolute Gasteiger partial charge is 0.448 e. The molecular weight excluding hydrogens is 453 g/mol. The molecule has 1 aromatic heterocycles. The smallest absolute Gasteiger partial charge is 0.433 e. The first kappa shape index (κ1) is 21.9. The Morgan fingerprint density at radius 2 is 1.63 bits per heavy atom. The zero-order chi connectivity index (χ0) is 24.2. The zero-order valence-corrected chi connectivity index (χ0v) is 18.8. The van der Waals surface area contributed by atoms with Crippen molar-refractivity contribution in [2.24, 2.45) is 0 Å². The molecule has 1 fully saturated rings. The average Bonchev–Trinajstić information content (AvgIpc) is 3.32. The molecule has 3 aliphatic rings. The fraction of sp³-hybridized carbons (Fsp3) is 0.286. The summed E-state index contributed by atoms with van der Waals surface area (Å²) < 4.78 is 45.2. The zero-order valence-electron chi connectivity index (χ0n) is 18.8. The molecule has 3 aromatic rings. The predicted octanol–water partition coefficient (Wildman–Crippen LogP) is 6.67. The first-order valence-corrected chi connectivity index (χ1v) is 11.8. The maximum Gasteiger partial charge on any atom is 0.433 e. The summed E-state index contributed by atoms with van der Waals surface area (Å²) in [7, 11) is 0. The van der Waals surface area contributed by atoms with Crippen molar-refractivity contribution in [3.05, 3.63) is 95.3 Å². The number of amides is 1. The monoisotopic (exact) mass is 476 g/mol. The van der Waals surface area contributed by atoms with E-state index in [1.807, 2.05) is 30.3 Å². The number of halogens is 3. The van der Waals surface area contributed by atoms with Gasteiger partial charge in [0.2, 0.25) is 0 Å². The maximum atomic E-state index is 13.2. The van der Waals surface area contributed by atoms with Gasteiger partial charge in [0.25, 0.3) is 0 Å². The Labute approximate surface area is 201 Å². The van der Waals surface area contributed by atoms with Crippen LogP contribution in [0.2, 0.25) is 0 Å². The number of benzene rings is 2. The van der Waals surface area contributed by atoms with Crippen molar-refractivity contribution >= 4 is 11.7 Å². The van der Waals surface area contributed by atoms with Crippen LogP contribution in [0.25, 0.3) is 16.7 Å². The van der Waals surface area contributed by atoms with Crippen LogP contribution in [-0.2, 0) is 10.9 Å². The molecule has 1 saturated heterocycles. The Bertz CT molecular complexity index is 1290. The summed E-state index contributed by atoms with van der Waals surface area (Å²) in [4.78, 5) is 18.8. The van der Waals surface area contributed by atoms with E-state index >= 15 is 0 Å². The van der Waals surface area contributed by atoms with Gasteiger partial charge in [-0.2, -0.15) is 13.2 Å². The second-order valence-corrected chi connectivity index (χ2v) is 9.31. The molecule has 2 aromatic carbocycles. The number of carbonyl (C=O) groups is 1. The van der Waals surface area contributed by atoms with E-state index in [-0.39, 0.29) is 30.7 Å². The molecule has 0 radical (unpaired) electrons. The molecule has 1 aliphatic carbocycles. The number of nitrogens with zero attached hydrogens (tertiary/aromatic N) is 2. The maximum absolute atomic E-state index is 13.2. The van der Waals surface area contributed by atoms with Crippen molar-refractivity contribution in [2.45, 2.75) is 43.4 Å². The molecule has 2 unspecified atom stereocenters. The molecule has 1 amide bonds. The second kappa shape index (κ2) is 8.26. The highest BCUT2D eigenvalue weighted by Gasteiger charge is 2.42. The van der Waals surface area contributed by atoms with Crippen molar-refractivity contribution in [2.75, 3.05) is 6.61 Å². The van der Waals surface area contributed by atoms with Crippen LogP contribution in [0.5, 0.6) is 0 Å². The van der Waals surface area contributed by atoms with Gasteiger partial charge >= 0.3 is 12.3 Å². The van der Waals surface area contributed by atoms with Crippen molar-refractivity contribution < 1.29 is 22.7 Å². The third-order valence-corrected chi connectivity index (χ3v) is 7.31. The summed E-state index contributed by atoms with van der Waals surface area (Å²) in [5.74, 6) is -0.0193. The lowest BCUT2D eigenvalue weighted by Crippen LogP contribution is -2.43. The molecule has 3 heterocycles. The van der Waals surface area contributed by atoms with Crippen molar-refractivity contribution in [3.8, 4) is 11.1 Å². The number of hydrogen-bond acceptors (Lipinski definition) is 3. The average molecular weight is 476 g/mol. The fourth-order valence-corrected chi connectivity index (χ4v) is 5.74. The highest BCUT2D eigenvalue weighted by molar-refractivity contribution is 5.79. The Kier molecular flexibility index (Phi) is 5.16. The Balaban J connectivity index is 1.20. The van der Waals surface area contributed by atoms with Gasteiger partial charge in [0.1, 0.15) is 12.3 Å². The lowest BCUT2D eigenvalue weighted by Gasteiger charge is -2.33. The molecule has 2 bridgehead atoms. The van der Waals surface area contributed by atoms with E-state index in [0.29, 0.717) is 12.1 Å². The predicted molar refractivity (Wildman–Crippen MR) is 126 cm³/mol. The topological polar surface area (TPSA) is 42.4 Å². The SMILES string of the molecule is O=C(OCC1c2ccccc2-c2ccccc21)N1C2C=C(c3cccc(C(F)(F)F)n3)CC1CC2. The molecule has 2 aliphatic heterocycles. The molecule has 2 atom stereocenters. The van der Waals surface area contributed by atoms with Crippen LogP contribution >= 0.6 is 0 Å². The van der Waals surface area contributed by atoms with E-state index in [1.54, 1.807) is 11.0 Å².